The molecule has 162 valence electrons. The average Bonchev–Trinajstić information content (AvgIpc) is 2.80. The van der Waals surface area contributed by atoms with Crippen LogP contribution in [0.15, 0.2) is 60.7 Å². The largest absolute Gasteiger partial charge is 0.491 e. The number of hydroxylamine groups is 1. The lowest BCUT2D eigenvalue weighted by molar-refractivity contribution is -0.124. The maximum Gasteiger partial charge on any atom is 0.412 e. The summed E-state index contributed by atoms with van der Waals surface area (Å²) in [5.41, 5.74) is 3.01. The molecular weight excluding hydrogens is 402 g/mol. The normalized spacial score (nSPS) is 12.5. The van der Waals surface area contributed by atoms with Crippen molar-refractivity contribution in [1.29, 1.82) is 5.26 Å². The first-order valence-electron chi connectivity index (χ1n) is 9.40. The van der Waals surface area contributed by atoms with E-state index in [0.29, 0.717) is 22.6 Å². The molecule has 0 radical (unpaired) electrons. The van der Waals surface area contributed by atoms with Crippen LogP contribution < -0.4 is 15.5 Å². The van der Waals surface area contributed by atoms with Crippen LogP contribution in [-0.4, -0.2) is 35.5 Å². The van der Waals surface area contributed by atoms with Gasteiger partial charge in [0.25, 0.3) is 5.91 Å². The van der Waals surface area contributed by atoms with Crippen LogP contribution in [0.1, 0.15) is 24.2 Å². The van der Waals surface area contributed by atoms with E-state index in [2.05, 4.69) is 5.32 Å². The topological polar surface area (TPSA) is 141 Å². The highest BCUT2D eigenvalue weighted by atomic mass is 16.6. The number of carbonyl (C=O) groups excluding carboxylic acids is 2. The van der Waals surface area contributed by atoms with Crippen molar-refractivity contribution >= 4 is 17.7 Å². The van der Waals surface area contributed by atoms with Crippen LogP contribution in [0.3, 0.4) is 0 Å². The Kier molecular flexibility index (Phi) is 9.04. The monoisotopic (exact) mass is 425 g/mol. The van der Waals surface area contributed by atoms with Crippen molar-refractivity contribution in [3.05, 3.63) is 71.8 Å². The summed E-state index contributed by atoms with van der Waals surface area (Å²) in [5.74, 6) is -0.679. The van der Waals surface area contributed by atoms with Gasteiger partial charge in [-0.05, 0) is 42.0 Å². The van der Waals surface area contributed by atoms with Crippen molar-refractivity contribution in [2.75, 3.05) is 18.5 Å². The molecule has 0 fully saturated rings. The maximum absolute atomic E-state index is 12.5. The fourth-order valence-corrected chi connectivity index (χ4v) is 2.69. The van der Waals surface area contributed by atoms with E-state index in [1.807, 2.05) is 6.07 Å². The zero-order valence-corrected chi connectivity index (χ0v) is 16.8. The number of ether oxygens (including phenoxy) is 2. The first-order valence-corrected chi connectivity index (χ1v) is 9.40. The molecule has 0 bridgehead atoms. The van der Waals surface area contributed by atoms with Gasteiger partial charge in [-0.1, -0.05) is 25.1 Å². The molecule has 0 aliphatic rings. The average molecular weight is 425 g/mol. The third kappa shape index (κ3) is 7.47. The number of hydrogen-bond donors (Lipinski definition) is 4. The predicted octanol–water partition coefficient (Wildman–Crippen LogP) is 2.92. The number of anilines is 1. The summed E-state index contributed by atoms with van der Waals surface area (Å²) in [6.45, 7) is 1.70. The minimum Gasteiger partial charge on any atom is -0.491 e. The number of carbonyl (C=O) groups is 2. The fourth-order valence-electron chi connectivity index (χ4n) is 2.69. The minimum absolute atomic E-state index is 0.111. The molecule has 2 aromatic rings. The Hall–Kier alpha value is -3.87. The van der Waals surface area contributed by atoms with E-state index in [9.17, 15) is 9.59 Å². The Balaban J connectivity index is 2.22. The quantitative estimate of drug-likeness (QED) is 0.275. The first-order chi connectivity index (χ1) is 15.0. The standard InChI is InChI=1S/C22H23N3O6/c1-15(5-10-20(27)25-29)21(17-3-2-4-19(13-17)30-12-11-26)31-22(28)24-18-8-6-16(14-23)7-9-18/h2-10,13,15,21,26,29H,11-12H2,1H3,(H,24,28)(H,25,27)/b10-5+/t15-,21-/m1/s1. The number of nitrogens with one attached hydrogen (secondary N) is 2. The van der Waals surface area contributed by atoms with E-state index in [1.165, 1.54) is 11.6 Å². The Morgan fingerprint density at radius 3 is 2.61 bits per heavy atom. The Morgan fingerprint density at radius 1 is 1.23 bits per heavy atom. The molecule has 4 N–H and O–H groups in total. The minimum atomic E-state index is -0.793. The molecule has 0 heterocycles. The van der Waals surface area contributed by atoms with Gasteiger partial charge in [-0.15, -0.1) is 0 Å². The molecule has 0 unspecified atom stereocenters. The Bertz CT molecular complexity index is 952. The van der Waals surface area contributed by atoms with Gasteiger partial charge in [0.15, 0.2) is 0 Å². The van der Waals surface area contributed by atoms with Crippen LogP contribution in [0.25, 0.3) is 0 Å². The number of benzene rings is 2. The summed E-state index contributed by atoms with van der Waals surface area (Å²) in [4.78, 5) is 23.8. The van der Waals surface area contributed by atoms with Gasteiger partial charge in [-0.2, -0.15) is 5.26 Å². The highest BCUT2D eigenvalue weighted by Gasteiger charge is 2.23. The van der Waals surface area contributed by atoms with Gasteiger partial charge < -0.3 is 14.6 Å². The molecule has 2 atom stereocenters. The van der Waals surface area contributed by atoms with E-state index in [4.69, 9.17) is 25.0 Å². The van der Waals surface area contributed by atoms with Crippen molar-refractivity contribution in [3.63, 3.8) is 0 Å². The molecule has 0 spiro atoms. The van der Waals surface area contributed by atoms with Gasteiger partial charge >= 0.3 is 6.09 Å². The fraction of sp³-hybridized carbons (Fsp3) is 0.227. The maximum atomic E-state index is 12.5. The van der Waals surface area contributed by atoms with Gasteiger partial charge in [0, 0.05) is 17.7 Å². The number of rotatable bonds is 9. The highest BCUT2D eigenvalue weighted by molar-refractivity contribution is 5.86. The van der Waals surface area contributed by atoms with E-state index in [-0.39, 0.29) is 13.2 Å². The molecule has 31 heavy (non-hydrogen) atoms. The predicted molar refractivity (Wildman–Crippen MR) is 111 cm³/mol. The lowest BCUT2D eigenvalue weighted by atomic mass is 9.96. The summed E-state index contributed by atoms with van der Waals surface area (Å²) in [5, 5.41) is 29.1. The van der Waals surface area contributed by atoms with Gasteiger partial charge in [0.05, 0.1) is 18.2 Å². The lowest BCUT2D eigenvalue weighted by Gasteiger charge is -2.23. The van der Waals surface area contributed by atoms with Crippen molar-refractivity contribution in [2.24, 2.45) is 5.92 Å². The van der Waals surface area contributed by atoms with E-state index in [1.54, 1.807) is 55.5 Å². The SMILES string of the molecule is C[C@H](/C=C/C(=O)NO)[C@@H](OC(=O)Nc1ccc(C#N)cc1)c1cccc(OCCO)c1. The van der Waals surface area contributed by atoms with Gasteiger partial charge in [-0.3, -0.25) is 15.3 Å². The third-order valence-corrected chi connectivity index (χ3v) is 4.18. The van der Waals surface area contributed by atoms with Gasteiger partial charge in [0.2, 0.25) is 0 Å². The highest BCUT2D eigenvalue weighted by Crippen LogP contribution is 2.30. The zero-order valence-electron chi connectivity index (χ0n) is 16.8. The summed E-state index contributed by atoms with van der Waals surface area (Å²) in [6.07, 6.45) is 1.10. The molecular formula is C22H23N3O6. The molecule has 9 heteroatoms. The van der Waals surface area contributed by atoms with Crippen molar-refractivity contribution in [2.45, 2.75) is 13.0 Å². The van der Waals surface area contributed by atoms with Crippen LogP contribution >= 0.6 is 0 Å². The van der Waals surface area contributed by atoms with Crippen LogP contribution in [-0.2, 0) is 9.53 Å². The molecule has 2 amide bonds. The molecule has 0 aliphatic heterocycles. The molecule has 0 saturated carbocycles. The van der Waals surface area contributed by atoms with E-state index in [0.717, 1.165) is 6.08 Å². The number of hydrogen-bond acceptors (Lipinski definition) is 7. The molecule has 2 aromatic carbocycles. The van der Waals surface area contributed by atoms with Crippen LogP contribution in [0.5, 0.6) is 5.75 Å². The zero-order chi connectivity index (χ0) is 22.6. The Morgan fingerprint density at radius 2 is 1.97 bits per heavy atom. The molecule has 0 saturated heterocycles. The number of amides is 2. The molecule has 9 nitrogen and oxygen atoms in total. The second-order valence-corrected chi connectivity index (χ2v) is 6.48. The first kappa shape index (κ1) is 23.4. The Labute approximate surface area is 179 Å². The second-order valence-electron chi connectivity index (χ2n) is 6.48. The number of nitrogens with zero attached hydrogens (tertiary/aromatic N) is 1. The molecule has 0 aromatic heterocycles. The van der Waals surface area contributed by atoms with Crippen molar-refractivity contribution < 1.29 is 29.4 Å². The van der Waals surface area contributed by atoms with Crippen LogP contribution in [0.2, 0.25) is 0 Å². The summed E-state index contributed by atoms with van der Waals surface area (Å²) in [6, 6.07) is 15.1. The van der Waals surface area contributed by atoms with Crippen molar-refractivity contribution in [1.82, 2.24) is 5.48 Å². The van der Waals surface area contributed by atoms with Crippen LogP contribution in [0, 0.1) is 17.2 Å². The smallest absolute Gasteiger partial charge is 0.412 e. The van der Waals surface area contributed by atoms with Gasteiger partial charge in [-0.25, -0.2) is 10.3 Å². The summed E-state index contributed by atoms with van der Waals surface area (Å²) >= 11 is 0. The third-order valence-electron chi connectivity index (χ3n) is 4.18. The number of nitriles is 1. The van der Waals surface area contributed by atoms with E-state index >= 15 is 0 Å². The summed E-state index contributed by atoms with van der Waals surface area (Å²) in [7, 11) is 0. The second kappa shape index (κ2) is 12.0. The van der Waals surface area contributed by atoms with Crippen molar-refractivity contribution in [3.8, 4) is 11.8 Å². The molecule has 2 rings (SSSR count). The summed E-state index contributed by atoms with van der Waals surface area (Å²) < 4.78 is 11.0. The van der Waals surface area contributed by atoms with Gasteiger partial charge in [0.1, 0.15) is 18.5 Å². The number of aliphatic hydroxyl groups excluding tert-OH is 1. The van der Waals surface area contributed by atoms with Crippen LogP contribution in [0.4, 0.5) is 10.5 Å². The van der Waals surface area contributed by atoms with E-state index < -0.39 is 24.0 Å². The number of aliphatic hydroxyl groups is 1. The molecule has 0 aliphatic carbocycles. The lowest BCUT2D eigenvalue weighted by Crippen LogP contribution is -2.22.